The van der Waals surface area contributed by atoms with Gasteiger partial charge >= 0.3 is 0 Å². The molecule has 2 N–H and O–H groups in total. The Morgan fingerprint density at radius 1 is 1.41 bits per heavy atom. The number of anilines is 1. The normalized spacial score (nSPS) is 14.4. The van der Waals surface area contributed by atoms with E-state index >= 15 is 0 Å². The van der Waals surface area contributed by atoms with Gasteiger partial charge in [-0.2, -0.15) is 5.10 Å². The first-order valence-corrected chi connectivity index (χ1v) is 7.45. The van der Waals surface area contributed by atoms with Crippen LogP contribution in [0.4, 0.5) is 5.82 Å². The van der Waals surface area contributed by atoms with Gasteiger partial charge in [0.05, 0.1) is 18.7 Å². The first-order valence-electron chi connectivity index (χ1n) is 7.45. The second-order valence-electron chi connectivity index (χ2n) is 5.48. The largest absolute Gasteiger partial charge is 0.493 e. The Morgan fingerprint density at radius 3 is 3.05 bits per heavy atom. The number of amides is 1. The minimum Gasteiger partial charge on any atom is -0.493 e. The number of hydrogen-bond acceptors (Lipinski definition) is 4. The standard InChI is InChI=1S/C16H20N4O2/c1-20-9-7-13-14(11-20)18-19-16(13)17-15(21)8-10-22-12-5-3-2-4-6-12/h2-6H,7-11H2,1H3,(H2,17,18,19,21). The lowest BCUT2D eigenvalue weighted by Gasteiger charge is -2.21. The van der Waals surface area contributed by atoms with Gasteiger partial charge in [0.1, 0.15) is 5.75 Å². The van der Waals surface area contributed by atoms with Crippen LogP contribution >= 0.6 is 0 Å². The fourth-order valence-corrected chi connectivity index (χ4v) is 2.53. The summed E-state index contributed by atoms with van der Waals surface area (Å²) in [5.41, 5.74) is 2.21. The van der Waals surface area contributed by atoms with Crippen molar-refractivity contribution in [2.45, 2.75) is 19.4 Å². The lowest BCUT2D eigenvalue weighted by Crippen LogP contribution is -2.26. The molecule has 6 nitrogen and oxygen atoms in total. The highest BCUT2D eigenvalue weighted by Crippen LogP contribution is 2.22. The van der Waals surface area contributed by atoms with Gasteiger partial charge < -0.3 is 15.0 Å². The van der Waals surface area contributed by atoms with Crippen molar-refractivity contribution in [1.29, 1.82) is 0 Å². The van der Waals surface area contributed by atoms with Gasteiger partial charge in [0.25, 0.3) is 0 Å². The van der Waals surface area contributed by atoms with E-state index in [-0.39, 0.29) is 5.91 Å². The summed E-state index contributed by atoms with van der Waals surface area (Å²) >= 11 is 0. The molecule has 0 fully saturated rings. The second-order valence-corrected chi connectivity index (χ2v) is 5.48. The molecule has 2 aromatic rings. The average Bonchev–Trinajstić information content (AvgIpc) is 2.90. The smallest absolute Gasteiger partial charge is 0.229 e. The molecule has 0 atom stereocenters. The summed E-state index contributed by atoms with van der Waals surface area (Å²) in [5.74, 6) is 1.35. The molecule has 116 valence electrons. The lowest BCUT2D eigenvalue weighted by atomic mass is 10.1. The minimum atomic E-state index is -0.0795. The van der Waals surface area contributed by atoms with Gasteiger partial charge in [-0.25, -0.2) is 0 Å². The Labute approximate surface area is 129 Å². The Kier molecular flexibility index (Phi) is 4.39. The number of nitrogens with zero attached hydrogens (tertiary/aromatic N) is 2. The SMILES string of the molecule is CN1CCc2c(NC(=O)CCOc3ccccc3)n[nH]c2C1. The van der Waals surface area contributed by atoms with Crippen LogP contribution in [-0.2, 0) is 17.8 Å². The van der Waals surface area contributed by atoms with E-state index in [2.05, 4.69) is 27.5 Å². The lowest BCUT2D eigenvalue weighted by molar-refractivity contribution is -0.116. The number of aromatic nitrogens is 2. The number of likely N-dealkylation sites (N-methyl/N-ethyl adjacent to an activating group) is 1. The van der Waals surface area contributed by atoms with Crippen LogP contribution in [0.1, 0.15) is 17.7 Å². The molecule has 0 bridgehead atoms. The molecule has 0 saturated carbocycles. The van der Waals surface area contributed by atoms with Crippen LogP contribution in [0.25, 0.3) is 0 Å². The number of benzene rings is 1. The van der Waals surface area contributed by atoms with E-state index in [9.17, 15) is 4.79 Å². The molecule has 0 radical (unpaired) electrons. The predicted molar refractivity (Wildman–Crippen MR) is 83.8 cm³/mol. The number of carbonyl (C=O) groups is 1. The first-order chi connectivity index (χ1) is 10.7. The summed E-state index contributed by atoms with van der Waals surface area (Å²) < 4.78 is 5.53. The van der Waals surface area contributed by atoms with Gasteiger partial charge in [0, 0.05) is 18.7 Å². The Balaban J connectivity index is 1.50. The van der Waals surface area contributed by atoms with Gasteiger partial charge in [-0.15, -0.1) is 0 Å². The summed E-state index contributed by atoms with van der Waals surface area (Å²) in [6, 6.07) is 9.49. The number of rotatable bonds is 5. The predicted octanol–water partition coefficient (Wildman–Crippen LogP) is 1.81. The zero-order valence-corrected chi connectivity index (χ0v) is 12.6. The molecule has 1 aromatic carbocycles. The fraction of sp³-hybridized carbons (Fsp3) is 0.375. The fourth-order valence-electron chi connectivity index (χ4n) is 2.53. The highest BCUT2D eigenvalue weighted by Gasteiger charge is 2.20. The number of para-hydroxylation sites is 1. The van der Waals surface area contributed by atoms with E-state index in [0.29, 0.717) is 18.8 Å². The molecule has 0 saturated heterocycles. The molecule has 1 aliphatic rings. The molecule has 0 unspecified atom stereocenters. The van der Waals surface area contributed by atoms with Gasteiger partial charge in [-0.05, 0) is 25.6 Å². The quantitative estimate of drug-likeness (QED) is 0.883. The maximum absolute atomic E-state index is 12.0. The van der Waals surface area contributed by atoms with Crippen molar-refractivity contribution in [3.05, 3.63) is 41.6 Å². The number of hydrogen-bond donors (Lipinski definition) is 2. The molecular weight excluding hydrogens is 280 g/mol. The summed E-state index contributed by atoms with van der Waals surface area (Å²) in [7, 11) is 2.07. The number of carbonyl (C=O) groups excluding carboxylic acids is 1. The number of ether oxygens (including phenoxy) is 1. The zero-order valence-electron chi connectivity index (χ0n) is 12.6. The zero-order chi connectivity index (χ0) is 15.4. The van der Waals surface area contributed by atoms with Crippen LogP contribution < -0.4 is 10.1 Å². The van der Waals surface area contributed by atoms with Crippen molar-refractivity contribution in [2.24, 2.45) is 0 Å². The number of nitrogens with one attached hydrogen (secondary N) is 2. The van der Waals surface area contributed by atoms with E-state index in [1.807, 2.05) is 30.3 Å². The topological polar surface area (TPSA) is 70.2 Å². The molecule has 0 spiro atoms. The molecule has 22 heavy (non-hydrogen) atoms. The molecule has 1 aliphatic heterocycles. The average molecular weight is 300 g/mol. The summed E-state index contributed by atoms with van der Waals surface area (Å²) in [5, 5.41) is 10.1. The van der Waals surface area contributed by atoms with E-state index in [1.54, 1.807) is 0 Å². The van der Waals surface area contributed by atoms with Crippen molar-refractivity contribution < 1.29 is 9.53 Å². The third kappa shape index (κ3) is 3.46. The highest BCUT2D eigenvalue weighted by atomic mass is 16.5. The second kappa shape index (κ2) is 6.62. The third-order valence-electron chi connectivity index (χ3n) is 3.72. The van der Waals surface area contributed by atoms with Crippen LogP contribution in [-0.4, -0.2) is 41.2 Å². The van der Waals surface area contributed by atoms with Gasteiger partial charge in [-0.1, -0.05) is 18.2 Å². The van der Waals surface area contributed by atoms with E-state index in [4.69, 9.17) is 4.74 Å². The Hall–Kier alpha value is -2.34. The highest BCUT2D eigenvalue weighted by molar-refractivity contribution is 5.90. The number of H-pyrrole nitrogens is 1. The summed E-state index contributed by atoms with van der Waals surface area (Å²) in [4.78, 5) is 14.2. The van der Waals surface area contributed by atoms with Crippen molar-refractivity contribution in [3.63, 3.8) is 0 Å². The van der Waals surface area contributed by atoms with Crippen LogP contribution in [0.15, 0.2) is 30.3 Å². The van der Waals surface area contributed by atoms with E-state index in [1.165, 1.54) is 0 Å². The van der Waals surface area contributed by atoms with Crippen molar-refractivity contribution >= 4 is 11.7 Å². The summed E-state index contributed by atoms with van der Waals surface area (Å²) in [6.45, 7) is 2.17. The Bertz CT molecular complexity index is 639. The van der Waals surface area contributed by atoms with Gasteiger partial charge in [-0.3, -0.25) is 9.89 Å². The molecule has 2 heterocycles. The summed E-state index contributed by atoms with van der Waals surface area (Å²) in [6.07, 6.45) is 1.20. The van der Waals surface area contributed by atoms with Crippen LogP contribution in [0, 0.1) is 0 Å². The molecular formula is C16H20N4O2. The van der Waals surface area contributed by atoms with Crippen molar-refractivity contribution in [2.75, 3.05) is 25.5 Å². The van der Waals surface area contributed by atoms with Crippen molar-refractivity contribution in [1.82, 2.24) is 15.1 Å². The van der Waals surface area contributed by atoms with Crippen LogP contribution in [0.3, 0.4) is 0 Å². The minimum absolute atomic E-state index is 0.0795. The van der Waals surface area contributed by atoms with Gasteiger partial charge in [0.2, 0.25) is 5.91 Å². The number of aromatic amines is 1. The molecule has 6 heteroatoms. The number of fused-ring (bicyclic) bond motifs is 1. The molecule has 1 amide bonds. The molecule has 3 rings (SSSR count). The molecule has 0 aliphatic carbocycles. The van der Waals surface area contributed by atoms with Crippen LogP contribution in [0.2, 0.25) is 0 Å². The molecule has 1 aromatic heterocycles. The third-order valence-corrected chi connectivity index (χ3v) is 3.72. The van der Waals surface area contributed by atoms with E-state index in [0.717, 1.165) is 36.5 Å². The van der Waals surface area contributed by atoms with Crippen LogP contribution in [0.5, 0.6) is 5.75 Å². The maximum atomic E-state index is 12.0. The Morgan fingerprint density at radius 2 is 2.23 bits per heavy atom. The van der Waals surface area contributed by atoms with Gasteiger partial charge in [0.15, 0.2) is 5.82 Å². The van der Waals surface area contributed by atoms with Crippen molar-refractivity contribution in [3.8, 4) is 5.75 Å². The maximum Gasteiger partial charge on any atom is 0.229 e. The van der Waals surface area contributed by atoms with E-state index < -0.39 is 0 Å². The first kappa shape index (κ1) is 14.6. The monoisotopic (exact) mass is 300 g/mol.